The van der Waals surface area contributed by atoms with E-state index in [0.29, 0.717) is 39.4 Å². The lowest BCUT2D eigenvalue weighted by Crippen LogP contribution is -2.52. The first-order valence-corrected chi connectivity index (χ1v) is 9.06. The standard InChI is InChI=1S/C18H23N5O3/c24-17(21-8-10-26-11-9-21)15-4-3-7-23(15)18(25)19-12-14-13-22-6-2-1-5-16(22)20-14/h1-2,5-6,13,15H,3-4,7-12H2,(H,19,25)/t15-/m0/s1. The molecular weight excluding hydrogens is 334 g/mol. The molecule has 4 rings (SSSR count). The van der Waals surface area contributed by atoms with Gasteiger partial charge in [0.25, 0.3) is 0 Å². The molecule has 0 unspecified atom stereocenters. The Bertz CT molecular complexity index is 766. The third kappa shape index (κ3) is 3.37. The van der Waals surface area contributed by atoms with Gasteiger partial charge in [-0.1, -0.05) is 6.07 Å². The Morgan fingerprint density at radius 3 is 2.88 bits per heavy atom. The maximum Gasteiger partial charge on any atom is 0.318 e. The second-order valence-corrected chi connectivity index (χ2v) is 6.65. The summed E-state index contributed by atoms with van der Waals surface area (Å²) in [6.45, 7) is 3.29. The van der Waals surface area contributed by atoms with Crippen LogP contribution in [0.4, 0.5) is 4.79 Å². The fraction of sp³-hybridized carbons (Fsp3) is 0.500. The van der Waals surface area contributed by atoms with E-state index in [1.807, 2.05) is 39.9 Å². The Hall–Kier alpha value is -2.61. The molecular formula is C18H23N5O3. The highest BCUT2D eigenvalue weighted by Gasteiger charge is 2.36. The molecule has 2 aromatic rings. The molecule has 2 aliphatic heterocycles. The van der Waals surface area contributed by atoms with E-state index >= 15 is 0 Å². The van der Waals surface area contributed by atoms with Gasteiger partial charge in [0.05, 0.1) is 25.5 Å². The van der Waals surface area contributed by atoms with E-state index in [-0.39, 0.29) is 18.0 Å². The quantitative estimate of drug-likeness (QED) is 0.884. The maximum atomic E-state index is 12.7. The number of ether oxygens (including phenoxy) is 1. The first-order chi connectivity index (χ1) is 12.7. The number of rotatable bonds is 3. The molecule has 3 amide bonds. The Morgan fingerprint density at radius 1 is 1.23 bits per heavy atom. The monoisotopic (exact) mass is 357 g/mol. The molecule has 2 aliphatic rings. The van der Waals surface area contributed by atoms with Crippen molar-refractivity contribution in [1.82, 2.24) is 24.5 Å². The maximum absolute atomic E-state index is 12.7. The van der Waals surface area contributed by atoms with Crippen LogP contribution in [0.25, 0.3) is 5.65 Å². The van der Waals surface area contributed by atoms with E-state index < -0.39 is 0 Å². The number of nitrogens with zero attached hydrogens (tertiary/aromatic N) is 4. The summed E-state index contributed by atoms with van der Waals surface area (Å²) in [6.07, 6.45) is 5.39. The molecule has 0 saturated carbocycles. The molecule has 8 nitrogen and oxygen atoms in total. The lowest BCUT2D eigenvalue weighted by molar-refractivity contribution is -0.139. The summed E-state index contributed by atoms with van der Waals surface area (Å²) in [5.74, 6) is 0.0358. The molecule has 2 aromatic heterocycles. The van der Waals surface area contributed by atoms with Gasteiger partial charge >= 0.3 is 6.03 Å². The number of hydrogen-bond acceptors (Lipinski definition) is 4. The van der Waals surface area contributed by atoms with Crippen LogP contribution >= 0.6 is 0 Å². The van der Waals surface area contributed by atoms with Crippen LogP contribution in [0.1, 0.15) is 18.5 Å². The summed E-state index contributed by atoms with van der Waals surface area (Å²) >= 11 is 0. The van der Waals surface area contributed by atoms with E-state index in [9.17, 15) is 9.59 Å². The average molecular weight is 357 g/mol. The van der Waals surface area contributed by atoms with Crippen LogP contribution in [-0.2, 0) is 16.1 Å². The number of amides is 3. The third-order valence-corrected chi connectivity index (χ3v) is 4.96. The summed E-state index contributed by atoms with van der Waals surface area (Å²) in [4.78, 5) is 33.3. The van der Waals surface area contributed by atoms with Crippen molar-refractivity contribution in [3.8, 4) is 0 Å². The molecule has 0 radical (unpaired) electrons. The molecule has 2 saturated heterocycles. The van der Waals surface area contributed by atoms with Crippen molar-refractivity contribution < 1.29 is 14.3 Å². The zero-order valence-electron chi connectivity index (χ0n) is 14.6. The third-order valence-electron chi connectivity index (χ3n) is 4.96. The Kier molecular flexibility index (Phi) is 4.75. The minimum atomic E-state index is -0.367. The van der Waals surface area contributed by atoms with Crippen molar-refractivity contribution in [3.63, 3.8) is 0 Å². The topological polar surface area (TPSA) is 79.2 Å². The predicted molar refractivity (Wildman–Crippen MR) is 94.6 cm³/mol. The number of aromatic nitrogens is 2. The van der Waals surface area contributed by atoms with Gasteiger partial charge in [-0.25, -0.2) is 9.78 Å². The van der Waals surface area contributed by atoms with Crippen molar-refractivity contribution in [2.24, 2.45) is 0 Å². The van der Waals surface area contributed by atoms with Crippen molar-refractivity contribution in [1.29, 1.82) is 0 Å². The second kappa shape index (κ2) is 7.33. The van der Waals surface area contributed by atoms with Crippen molar-refractivity contribution in [3.05, 3.63) is 36.3 Å². The average Bonchev–Trinajstić information content (AvgIpc) is 3.33. The number of morpholine rings is 1. The Balaban J connectivity index is 1.37. The fourth-order valence-corrected chi connectivity index (χ4v) is 3.60. The number of fused-ring (bicyclic) bond motifs is 1. The summed E-state index contributed by atoms with van der Waals surface area (Å²) in [5.41, 5.74) is 1.64. The van der Waals surface area contributed by atoms with Gasteiger partial charge in [-0.05, 0) is 25.0 Å². The molecule has 1 N–H and O–H groups in total. The molecule has 4 heterocycles. The summed E-state index contributed by atoms with van der Waals surface area (Å²) in [5, 5.41) is 2.91. The molecule has 1 atom stereocenters. The first kappa shape index (κ1) is 16.8. The van der Waals surface area contributed by atoms with E-state index in [2.05, 4.69) is 10.3 Å². The van der Waals surface area contributed by atoms with Crippen LogP contribution in [0.5, 0.6) is 0 Å². The Morgan fingerprint density at radius 2 is 2.08 bits per heavy atom. The van der Waals surface area contributed by atoms with E-state index in [1.54, 1.807) is 4.90 Å². The molecule has 0 aliphatic carbocycles. The number of pyridine rings is 1. The van der Waals surface area contributed by atoms with E-state index in [1.165, 1.54) is 0 Å². The van der Waals surface area contributed by atoms with Gasteiger partial charge in [0, 0.05) is 32.0 Å². The normalized spacial score (nSPS) is 20.5. The predicted octanol–water partition coefficient (Wildman–Crippen LogP) is 0.867. The fourth-order valence-electron chi connectivity index (χ4n) is 3.60. The molecule has 26 heavy (non-hydrogen) atoms. The van der Waals surface area contributed by atoms with Crippen LogP contribution < -0.4 is 5.32 Å². The Labute approximate surface area is 151 Å². The first-order valence-electron chi connectivity index (χ1n) is 9.06. The molecule has 0 aromatic carbocycles. The molecule has 2 fully saturated rings. The number of nitrogens with one attached hydrogen (secondary N) is 1. The number of urea groups is 1. The van der Waals surface area contributed by atoms with Gasteiger partial charge in [0.15, 0.2) is 0 Å². The lowest BCUT2D eigenvalue weighted by atomic mass is 10.2. The zero-order valence-corrected chi connectivity index (χ0v) is 14.6. The van der Waals surface area contributed by atoms with Gasteiger partial charge in [-0.15, -0.1) is 0 Å². The highest BCUT2D eigenvalue weighted by Crippen LogP contribution is 2.20. The second-order valence-electron chi connectivity index (χ2n) is 6.65. The lowest BCUT2D eigenvalue weighted by Gasteiger charge is -2.32. The van der Waals surface area contributed by atoms with Crippen LogP contribution in [0.15, 0.2) is 30.6 Å². The minimum absolute atomic E-state index is 0.0358. The van der Waals surface area contributed by atoms with Crippen molar-refractivity contribution >= 4 is 17.6 Å². The van der Waals surface area contributed by atoms with Gasteiger partial charge in [-0.2, -0.15) is 0 Å². The number of carbonyl (C=O) groups excluding carboxylic acids is 2. The molecule has 138 valence electrons. The summed E-state index contributed by atoms with van der Waals surface area (Å²) in [7, 11) is 0. The smallest absolute Gasteiger partial charge is 0.318 e. The molecule has 8 heteroatoms. The van der Waals surface area contributed by atoms with Gasteiger partial charge in [0.2, 0.25) is 5.91 Å². The summed E-state index contributed by atoms with van der Waals surface area (Å²) in [6, 6.07) is 5.21. The highest BCUT2D eigenvalue weighted by atomic mass is 16.5. The van der Waals surface area contributed by atoms with Crippen molar-refractivity contribution in [2.75, 3.05) is 32.8 Å². The summed E-state index contributed by atoms with van der Waals surface area (Å²) < 4.78 is 7.22. The van der Waals surface area contributed by atoms with Crippen LogP contribution in [0.3, 0.4) is 0 Å². The molecule has 0 spiro atoms. The van der Waals surface area contributed by atoms with Gasteiger partial charge in [-0.3, -0.25) is 4.79 Å². The minimum Gasteiger partial charge on any atom is -0.378 e. The van der Waals surface area contributed by atoms with Crippen LogP contribution in [0, 0.1) is 0 Å². The van der Waals surface area contributed by atoms with Crippen LogP contribution in [-0.4, -0.2) is 70.0 Å². The van der Waals surface area contributed by atoms with Gasteiger partial charge < -0.3 is 24.3 Å². The van der Waals surface area contributed by atoms with Crippen LogP contribution in [0.2, 0.25) is 0 Å². The zero-order chi connectivity index (χ0) is 17.9. The number of imidazole rings is 1. The van der Waals surface area contributed by atoms with Crippen molar-refractivity contribution in [2.45, 2.75) is 25.4 Å². The van der Waals surface area contributed by atoms with E-state index in [0.717, 1.165) is 24.2 Å². The number of hydrogen-bond donors (Lipinski definition) is 1. The van der Waals surface area contributed by atoms with Gasteiger partial charge in [0.1, 0.15) is 11.7 Å². The number of likely N-dealkylation sites (tertiary alicyclic amines) is 1. The SMILES string of the molecule is O=C([C@@H]1CCCN1C(=O)NCc1cn2ccccc2n1)N1CCOCC1. The molecule has 0 bridgehead atoms. The highest BCUT2D eigenvalue weighted by molar-refractivity contribution is 5.87. The number of carbonyl (C=O) groups is 2. The van der Waals surface area contributed by atoms with E-state index in [4.69, 9.17) is 4.74 Å². The largest absolute Gasteiger partial charge is 0.378 e.